The van der Waals surface area contributed by atoms with Crippen LogP contribution in [0.5, 0.6) is 0 Å². The van der Waals surface area contributed by atoms with Crippen molar-refractivity contribution in [2.75, 3.05) is 0 Å². The first-order valence-corrected chi connectivity index (χ1v) is 8.05. The lowest BCUT2D eigenvalue weighted by molar-refractivity contribution is -0.149. The molecule has 2 aromatic rings. The van der Waals surface area contributed by atoms with Gasteiger partial charge in [0, 0.05) is 4.88 Å². The van der Waals surface area contributed by atoms with Gasteiger partial charge >= 0.3 is 5.97 Å². The van der Waals surface area contributed by atoms with Crippen LogP contribution in [-0.4, -0.2) is 31.3 Å². The van der Waals surface area contributed by atoms with Crippen molar-refractivity contribution in [3.8, 4) is 10.7 Å². The highest BCUT2D eigenvalue weighted by Crippen LogP contribution is 2.40. The van der Waals surface area contributed by atoms with E-state index in [4.69, 9.17) is 0 Å². The van der Waals surface area contributed by atoms with Gasteiger partial charge in [-0.2, -0.15) is 0 Å². The maximum absolute atomic E-state index is 11.7. The SMILES string of the molecule is CCc1ccc(-c2nnnn2CC2(C(=O)O)CCCC2)s1. The molecule has 0 unspecified atom stereocenters. The molecule has 0 saturated heterocycles. The second-order valence-corrected chi connectivity index (χ2v) is 6.74. The summed E-state index contributed by atoms with van der Waals surface area (Å²) in [4.78, 5) is 13.9. The molecule has 0 radical (unpaired) electrons. The van der Waals surface area contributed by atoms with E-state index < -0.39 is 11.4 Å². The highest BCUT2D eigenvalue weighted by atomic mass is 32.1. The minimum Gasteiger partial charge on any atom is -0.481 e. The first-order chi connectivity index (χ1) is 10.1. The van der Waals surface area contributed by atoms with Crippen molar-refractivity contribution >= 4 is 17.3 Å². The van der Waals surface area contributed by atoms with Crippen LogP contribution in [0.1, 0.15) is 37.5 Å². The Bertz CT molecular complexity index is 643. The molecule has 0 aliphatic heterocycles. The summed E-state index contributed by atoms with van der Waals surface area (Å²) in [6.45, 7) is 2.46. The Labute approximate surface area is 126 Å². The lowest BCUT2D eigenvalue weighted by atomic mass is 9.86. The van der Waals surface area contributed by atoms with Crippen LogP contribution in [0.4, 0.5) is 0 Å². The van der Waals surface area contributed by atoms with Crippen LogP contribution in [0.15, 0.2) is 12.1 Å². The fourth-order valence-corrected chi connectivity index (χ4v) is 3.89. The van der Waals surface area contributed by atoms with E-state index in [0.29, 0.717) is 25.2 Å². The molecule has 0 spiro atoms. The lowest BCUT2D eigenvalue weighted by Crippen LogP contribution is -2.33. The molecule has 0 atom stereocenters. The highest BCUT2D eigenvalue weighted by Gasteiger charge is 2.42. The normalized spacial score (nSPS) is 17.2. The van der Waals surface area contributed by atoms with Gasteiger partial charge in [-0.05, 0) is 41.8 Å². The standard InChI is InChI=1S/C14H18N4O2S/c1-2-10-5-6-11(21-10)12-15-16-17-18(12)9-14(13(19)20)7-3-4-8-14/h5-6H,2-4,7-9H2,1H3,(H,19,20). The van der Waals surface area contributed by atoms with E-state index in [1.165, 1.54) is 4.88 Å². The van der Waals surface area contributed by atoms with Gasteiger partial charge in [0.1, 0.15) is 0 Å². The van der Waals surface area contributed by atoms with Gasteiger partial charge in [-0.1, -0.05) is 19.8 Å². The van der Waals surface area contributed by atoms with Crippen molar-refractivity contribution in [2.24, 2.45) is 5.41 Å². The molecule has 112 valence electrons. The number of carboxylic acids is 1. The third kappa shape index (κ3) is 2.57. The van der Waals surface area contributed by atoms with Crippen LogP contribution in [-0.2, 0) is 17.8 Å². The molecule has 1 aliphatic rings. The molecule has 1 saturated carbocycles. The van der Waals surface area contributed by atoms with Crippen LogP contribution >= 0.6 is 11.3 Å². The predicted molar refractivity (Wildman–Crippen MR) is 79.0 cm³/mol. The smallest absolute Gasteiger partial charge is 0.311 e. The first kappa shape index (κ1) is 14.2. The Morgan fingerprint density at radius 3 is 2.81 bits per heavy atom. The average Bonchev–Trinajstić information content (AvgIpc) is 3.18. The van der Waals surface area contributed by atoms with Crippen LogP contribution in [0.25, 0.3) is 10.7 Å². The highest BCUT2D eigenvalue weighted by molar-refractivity contribution is 7.15. The molecule has 2 heterocycles. The van der Waals surface area contributed by atoms with Crippen LogP contribution in [0, 0.1) is 5.41 Å². The fraction of sp³-hybridized carbons (Fsp3) is 0.571. The third-order valence-corrected chi connectivity index (χ3v) is 5.45. The lowest BCUT2D eigenvalue weighted by Gasteiger charge is -2.23. The van der Waals surface area contributed by atoms with Gasteiger partial charge in [0.15, 0.2) is 5.82 Å². The molecule has 21 heavy (non-hydrogen) atoms. The Kier molecular flexibility index (Phi) is 3.75. The fourth-order valence-electron chi connectivity index (χ4n) is 2.95. The van der Waals surface area contributed by atoms with E-state index in [-0.39, 0.29) is 0 Å². The van der Waals surface area contributed by atoms with Gasteiger partial charge in [-0.25, -0.2) is 4.68 Å². The van der Waals surface area contributed by atoms with Crippen molar-refractivity contribution in [3.05, 3.63) is 17.0 Å². The van der Waals surface area contributed by atoms with Gasteiger partial charge in [0.2, 0.25) is 0 Å². The van der Waals surface area contributed by atoms with Crippen molar-refractivity contribution in [2.45, 2.75) is 45.6 Å². The zero-order chi connectivity index (χ0) is 14.9. The first-order valence-electron chi connectivity index (χ1n) is 7.23. The predicted octanol–water partition coefficient (Wildman–Crippen LogP) is 2.61. The van der Waals surface area contributed by atoms with E-state index in [1.807, 2.05) is 6.07 Å². The molecule has 0 bridgehead atoms. The number of aromatic nitrogens is 4. The average molecular weight is 306 g/mol. The van der Waals surface area contributed by atoms with Gasteiger partial charge < -0.3 is 5.11 Å². The van der Waals surface area contributed by atoms with E-state index in [9.17, 15) is 9.90 Å². The second kappa shape index (κ2) is 5.55. The Morgan fingerprint density at radius 1 is 1.43 bits per heavy atom. The Morgan fingerprint density at radius 2 is 2.19 bits per heavy atom. The van der Waals surface area contributed by atoms with E-state index in [2.05, 4.69) is 28.5 Å². The zero-order valence-electron chi connectivity index (χ0n) is 11.9. The monoisotopic (exact) mass is 306 g/mol. The van der Waals surface area contributed by atoms with Crippen molar-refractivity contribution in [1.82, 2.24) is 20.2 Å². The number of nitrogens with zero attached hydrogens (tertiary/aromatic N) is 4. The molecule has 1 N–H and O–H groups in total. The number of aliphatic carboxylic acids is 1. The molecular formula is C14H18N4O2S. The Hall–Kier alpha value is -1.76. The summed E-state index contributed by atoms with van der Waals surface area (Å²) in [5, 5.41) is 21.4. The number of aryl methyl sites for hydroxylation is 1. The van der Waals surface area contributed by atoms with Crippen LogP contribution in [0.3, 0.4) is 0 Å². The van der Waals surface area contributed by atoms with Crippen LogP contribution < -0.4 is 0 Å². The molecule has 1 aliphatic carbocycles. The minimum absolute atomic E-state index is 0.351. The quantitative estimate of drug-likeness (QED) is 0.918. The molecule has 6 nitrogen and oxygen atoms in total. The zero-order valence-corrected chi connectivity index (χ0v) is 12.8. The maximum atomic E-state index is 11.7. The number of thiophene rings is 1. The van der Waals surface area contributed by atoms with E-state index >= 15 is 0 Å². The molecule has 0 aromatic carbocycles. The number of carboxylic acid groups (broad SMARTS) is 1. The molecule has 0 amide bonds. The number of hydrogen-bond donors (Lipinski definition) is 1. The number of hydrogen-bond acceptors (Lipinski definition) is 5. The molecule has 1 fully saturated rings. The van der Waals surface area contributed by atoms with Gasteiger partial charge in [-0.15, -0.1) is 16.4 Å². The van der Waals surface area contributed by atoms with Gasteiger partial charge in [0.05, 0.1) is 16.8 Å². The number of carbonyl (C=O) groups is 1. The van der Waals surface area contributed by atoms with Crippen molar-refractivity contribution in [1.29, 1.82) is 0 Å². The van der Waals surface area contributed by atoms with Gasteiger partial charge in [-0.3, -0.25) is 4.79 Å². The minimum atomic E-state index is -0.734. The molecular weight excluding hydrogens is 288 g/mol. The molecule has 7 heteroatoms. The summed E-state index contributed by atoms with van der Waals surface area (Å²) in [5.41, 5.74) is -0.713. The summed E-state index contributed by atoms with van der Waals surface area (Å²) < 4.78 is 1.66. The number of rotatable bonds is 5. The largest absolute Gasteiger partial charge is 0.481 e. The topological polar surface area (TPSA) is 80.9 Å². The molecule has 3 rings (SSSR count). The maximum Gasteiger partial charge on any atom is 0.311 e. The summed E-state index contributed by atoms with van der Waals surface area (Å²) in [5.74, 6) is -0.0610. The second-order valence-electron chi connectivity index (χ2n) is 5.57. The summed E-state index contributed by atoms with van der Waals surface area (Å²) in [7, 11) is 0. The molecule has 2 aromatic heterocycles. The van der Waals surface area contributed by atoms with Crippen LogP contribution in [0.2, 0.25) is 0 Å². The van der Waals surface area contributed by atoms with Crippen molar-refractivity contribution < 1.29 is 9.90 Å². The summed E-state index contributed by atoms with van der Waals surface area (Å²) >= 11 is 1.66. The number of tetrazole rings is 1. The van der Waals surface area contributed by atoms with E-state index in [0.717, 1.165) is 24.1 Å². The van der Waals surface area contributed by atoms with Gasteiger partial charge in [0.25, 0.3) is 0 Å². The van der Waals surface area contributed by atoms with Crippen molar-refractivity contribution in [3.63, 3.8) is 0 Å². The summed E-state index contributed by atoms with van der Waals surface area (Å²) in [6.07, 6.45) is 4.30. The Balaban J connectivity index is 1.90. The third-order valence-electron chi connectivity index (χ3n) is 4.23. The van der Waals surface area contributed by atoms with E-state index in [1.54, 1.807) is 16.0 Å². The summed E-state index contributed by atoms with van der Waals surface area (Å²) in [6, 6.07) is 4.08.